The van der Waals surface area contributed by atoms with Gasteiger partial charge in [-0.2, -0.15) is 0 Å². The lowest BCUT2D eigenvalue weighted by Crippen LogP contribution is -2.41. The monoisotopic (exact) mass is 380 g/mol. The Hall–Kier alpha value is -2.15. The number of carbonyl (C=O) groups is 1. The Morgan fingerprint density at radius 1 is 1.19 bits per heavy atom. The van der Waals surface area contributed by atoms with Crippen LogP contribution in [0.15, 0.2) is 48.5 Å². The molecule has 1 aliphatic rings. The average Bonchev–Trinajstić information content (AvgIpc) is 3.06. The maximum Gasteiger partial charge on any atom is 0.234 e. The maximum absolute atomic E-state index is 13.6. The highest BCUT2D eigenvalue weighted by molar-refractivity contribution is 5.85. The number of likely N-dealkylation sites (tertiary alicyclic amines) is 1. The van der Waals surface area contributed by atoms with Gasteiger partial charge in [0.15, 0.2) is 0 Å². The van der Waals surface area contributed by atoms with Crippen LogP contribution in [-0.4, -0.2) is 28.7 Å². The van der Waals surface area contributed by atoms with E-state index in [1.54, 1.807) is 23.1 Å². The summed E-state index contributed by atoms with van der Waals surface area (Å²) in [5.41, 5.74) is 6.87. The summed E-state index contributed by atoms with van der Waals surface area (Å²) in [6.07, 6.45) is 1.38. The first-order valence-electron chi connectivity index (χ1n) is 8.22. The van der Waals surface area contributed by atoms with E-state index in [2.05, 4.69) is 0 Å². The van der Waals surface area contributed by atoms with Crippen molar-refractivity contribution < 1.29 is 19.0 Å². The molecule has 2 atom stereocenters. The van der Waals surface area contributed by atoms with E-state index < -0.39 is 11.9 Å². The van der Waals surface area contributed by atoms with Gasteiger partial charge in [0, 0.05) is 11.6 Å². The first kappa shape index (κ1) is 20.2. The van der Waals surface area contributed by atoms with E-state index in [1.165, 1.54) is 6.07 Å². The van der Waals surface area contributed by atoms with E-state index in [0.29, 0.717) is 17.7 Å². The van der Waals surface area contributed by atoms with Crippen LogP contribution in [0.4, 0.5) is 4.39 Å². The smallest absolute Gasteiger partial charge is 0.234 e. The number of carbonyl (C=O) groups excluding carboxylic acids is 1. The van der Waals surface area contributed by atoms with Crippen molar-refractivity contribution in [1.29, 1.82) is 0 Å². The van der Waals surface area contributed by atoms with E-state index in [4.69, 9.17) is 10.5 Å². The number of primary amides is 1. The fourth-order valence-electron chi connectivity index (χ4n) is 3.29. The van der Waals surface area contributed by atoms with Gasteiger partial charge in [-0.25, -0.2) is 4.39 Å². The molecule has 3 rings (SSSR count). The molecule has 0 spiro atoms. The van der Waals surface area contributed by atoms with Gasteiger partial charge in [0.25, 0.3) is 0 Å². The van der Waals surface area contributed by atoms with Crippen LogP contribution in [0.3, 0.4) is 0 Å². The van der Waals surface area contributed by atoms with Gasteiger partial charge in [-0.1, -0.05) is 30.3 Å². The molecule has 0 bridgehead atoms. The Kier molecular flexibility index (Phi) is 6.97. The number of halogens is 2. The minimum absolute atomic E-state index is 0. The molecule has 1 heterocycles. The number of rotatable bonds is 6. The van der Waals surface area contributed by atoms with Crippen LogP contribution >= 0.6 is 12.4 Å². The topological polar surface area (TPSA) is 75.8 Å². The van der Waals surface area contributed by atoms with Crippen LogP contribution in [0.1, 0.15) is 30.0 Å². The van der Waals surface area contributed by atoms with Gasteiger partial charge in [-0.15, -0.1) is 12.4 Å². The summed E-state index contributed by atoms with van der Waals surface area (Å²) in [7, 11) is 0. The van der Waals surface area contributed by atoms with Gasteiger partial charge >= 0.3 is 0 Å². The zero-order valence-electron chi connectivity index (χ0n) is 14.2. The predicted molar refractivity (Wildman–Crippen MR) is 98.3 cm³/mol. The summed E-state index contributed by atoms with van der Waals surface area (Å²) in [6, 6.07) is 13.4. The highest BCUT2D eigenvalue weighted by Gasteiger charge is 2.36. The van der Waals surface area contributed by atoms with Crippen LogP contribution in [0.5, 0.6) is 5.75 Å². The molecule has 5 nitrogen and oxygen atoms in total. The van der Waals surface area contributed by atoms with E-state index in [0.717, 1.165) is 12.0 Å². The zero-order valence-corrected chi connectivity index (χ0v) is 15.0. The Morgan fingerprint density at radius 3 is 2.50 bits per heavy atom. The van der Waals surface area contributed by atoms with Crippen molar-refractivity contribution in [2.24, 2.45) is 5.73 Å². The minimum atomic E-state index is -0.438. The molecule has 0 saturated carbocycles. The fraction of sp³-hybridized carbons (Fsp3) is 0.316. The van der Waals surface area contributed by atoms with Gasteiger partial charge in [0.2, 0.25) is 5.91 Å². The van der Waals surface area contributed by atoms with Crippen molar-refractivity contribution in [2.75, 3.05) is 6.73 Å². The van der Waals surface area contributed by atoms with E-state index in [1.807, 2.05) is 24.3 Å². The first-order chi connectivity index (χ1) is 12.1. The van der Waals surface area contributed by atoms with E-state index in [-0.39, 0.29) is 37.6 Å². The normalized spacial score (nSPS) is 19.8. The van der Waals surface area contributed by atoms with Crippen LogP contribution in [-0.2, 0) is 11.4 Å². The molecule has 1 saturated heterocycles. The van der Waals surface area contributed by atoms with Crippen LogP contribution in [0.25, 0.3) is 0 Å². The lowest BCUT2D eigenvalue weighted by molar-refractivity contribution is -0.124. The van der Waals surface area contributed by atoms with Gasteiger partial charge in [0.05, 0.1) is 12.8 Å². The number of aliphatic hydroxyl groups is 1. The summed E-state index contributed by atoms with van der Waals surface area (Å²) >= 11 is 0. The molecule has 1 aliphatic heterocycles. The Morgan fingerprint density at radius 2 is 1.88 bits per heavy atom. The third kappa shape index (κ3) is 4.33. The molecule has 1 amide bonds. The second-order valence-corrected chi connectivity index (χ2v) is 6.12. The van der Waals surface area contributed by atoms with Crippen molar-refractivity contribution in [2.45, 2.75) is 31.5 Å². The second-order valence-electron chi connectivity index (χ2n) is 6.12. The largest absolute Gasteiger partial charge is 0.489 e. The second kappa shape index (κ2) is 8.98. The SMILES string of the molecule is Cl.NC(=O)[C@@H]1CC[C@H](c2ccc(OCc3ccccc3F)cc2)N1CO. The average molecular weight is 381 g/mol. The quantitative estimate of drug-likeness (QED) is 0.808. The number of ether oxygens (including phenoxy) is 1. The van der Waals surface area contributed by atoms with Gasteiger partial charge < -0.3 is 15.6 Å². The number of benzene rings is 2. The Balaban J connectivity index is 0.00000243. The lowest BCUT2D eigenvalue weighted by atomic mass is 10.0. The number of amides is 1. The molecule has 3 N–H and O–H groups in total. The molecule has 2 aromatic rings. The van der Waals surface area contributed by atoms with Crippen molar-refractivity contribution in [3.63, 3.8) is 0 Å². The van der Waals surface area contributed by atoms with E-state index >= 15 is 0 Å². The van der Waals surface area contributed by atoms with Crippen molar-refractivity contribution >= 4 is 18.3 Å². The lowest BCUT2D eigenvalue weighted by Gasteiger charge is -2.26. The number of hydrogen-bond donors (Lipinski definition) is 2. The summed E-state index contributed by atoms with van der Waals surface area (Å²) in [6.45, 7) is -0.0637. The molecule has 7 heteroatoms. The Bertz CT molecular complexity index is 742. The van der Waals surface area contributed by atoms with E-state index in [9.17, 15) is 14.3 Å². The number of nitrogens with two attached hydrogens (primary N) is 1. The first-order valence-corrected chi connectivity index (χ1v) is 8.22. The van der Waals surface area contributed by atoms with Crippen LogP contribution in [0, 0.1) is 5.82 Å². The summed E-state index contributed by atoms with van der Waals surface area (Å²) < 4.78 is 19.2. The molecular weight excluding hydrogens is 359 g/mol. The summed E-state index contributed by atoms with van der Waals surface area (Å²) in [4.78, 5) is 13.2. The van der Waals surface area contributed by atoms with Crippen molar-refractivity contribution in [3.8, 4) is 5.75 Å². The molecule has 140 valence electrons. The molecule has 0 aliphatic carbocycles. The molecular formula is C19H22ClFN2O3. The minimum Gasteiger partial charge on any atom is -0.489 e. The maximum atomic E-state index is 13.6. The zero-order chi connectivity index (χ0) is 17.8. The highest BCUT2D eigenvalue weighted by Crippen LogP contribution is 2.36. The summed E-state index contributed by atoms with van der Waals surface area (Å²) in [5.74, 6) is -0.0745. The standard InChI is InChI=1S/C19H21FN2O3.ClH/c20-16-4-2-1-3-14(16)11-25-15-7-5-13(6-8-15)17-9-10-18(19(21)24)22(17)12-23;/h1-8,17-18,23H,9-12H2,(H2,21,24);1H/t17-,18+;/m1./s1. The van der Waals surface area contributed by atoms with Gasteiger partial charge in [0.1, 0.15) is 18.2 Å². The predicted octanol–water partition coefficient (Wildman–Crippen LogP) is 2.77. The number of hydrogen-bond acceptors (Lipinski definition) is 4. The third-order valence-corrected chi connectivity index (χ3v) is 4.62. The fourth-order valence-corrected chi connectivity index (χ4v) is 3.29. The molecule has 26 heavy (non-hydrogen) atoms. The molecule has 2 aromatic carbocycles. The molecule has 0 aromatic heterocycles. The Labute approximate surface area is 158 Å². The van der Waals surface area contributed by atoms with Crippen LogP contribution < -0.4 is 10.5 Å². The number of aliphatic hydroxyl groups excluding tert-OH is 1. The number of nitrogens with zero attached hydrogens (tertiary/aromatic N) is 1. The van der Waals surface area contributed by atoms with Crippen molar-refractivity contribution in [3.05, 3.63) is 65.5 Å². The molecule has 0 unspecified atom stereocenters. The van der Waals surface area contributed by atoms with Crippen molar-refractivity contribution in [1.82, 2.24) is 4.90 Å². The third-order valence-electron chi connectivity index (χ3n) is 4.62. The van der Waals surface area contributed by atoms with Gasteiger partial charge in [-0.05, 0) is 36.6 Å². The molecule has 0 radical (unpaired) electrons. The van der Waals surface area contributed by atoms with Crippen LogP contribution in [0.2, 0.25) is 0 Å². The summed E-state index contributed by atoms with van der Waals surface area (Å²) in [5, 5.41) is 9.57. The molecule has 1 fully saturated rings. The van der Waals surface area contributed by atoms with Gasteiger partial charge in [-0.3, -0.25) is 9.69 Å². The highest BCUT2D eigenvalue weighted by atomic mass is 35.5.